The lowest BCUT2D eigenvalue weighted by Gasteiger charge is -2.35. The fourth-order valence-electron chi connectivity index (χ4n) is 4.24. The SMILES string of the molecule is CCC(C)(C)NC(=O)[C@@H](c1cccn1C)N(C(=O)Cn1nnc2ccccc21)c1cc(OC)cc(OC)c1. The third-order valence-corrected chi connectivity index (χ3v) is 6.70. The molecular formula is C28H34N6O4. The summed E-state index contributed by atoms with van der Waals surface area (Å²) < 4.78 is 14.4. The third-order valence-electron chi connectivity index (χ3n) is 6.70. The summed E-state index contributed by atoms with van der Waals surface area (Å²) in [7, 11) is 4.93. The Morgan fingerprint density at radius 1 is 1.05 bits per heavy atom. The van der Waals surface area contributed by atoms with Crippen molar-refractivity contribution in [3.8, 4) is 11.5 Å². The standard InChI is InChI=1S/C28H34N6O4/c1-7-28(2,3)29-27(36)26(24-13-10-14-32(24)4)34(19-15-20(37-5)17-21(16-19)38-6)25(35)18-33-23-12-9-8-11-22(23)30-31-33/h8-17,26H,7,18H2,1-6H3,(H,29,36)/t26-/m1/s1. The van der Waals surface area contributed by atoms with Gasteiger partial charge in [0.1, 0.15) is 23.6 Å². The Morgan fingerprint density at radius 3 is 2.34 bits per heavy atom. The number of aromatic nitrogens is 4. The molecule has 10 nitrogen and oxygen atoms in total. The molecule has 0 spiro atoms. The van der Waals surface area contributed by atoms with Crippen molar-refractivity contribution in [2.75, 3.05) is 19.1 Å². The topological polar surface area (TPSA) is 104 Å². The number of nitrogens with one attached hydrogen (secondary N) is 1. The molecule has 0 saturated carbocycles. The van der Waals surface area contributed by atoms with Crippen LogP contribution in [0.25, 0.3) is 11.0 Å². The molecule has 0 unspecified atom stereocenters. The molecule has 0 aliphatic heterocycles. The van der Waals surface area contributed by atoms with E-state index >= 15 is 0 Å². The number of nitrogens with zero attached hydrogens (tertiary/aromatic N) is 5. The first-order valence-electron chi connectivity index (χ1n) is 12.4. The Morgan fingerprint density at radius 2 is 1.74 bits per heavy atom. The van der Waals surface area contributed by atoms with E-state index in [1.807, 2.05) is 75.0 Å². The molecule has 4 rings (SSSR count). The molecule has 2 aromatic carbocycles. The van der Waals surface area contributed by atoms with Gasteiger partial charge in [-0.25, -0.2) is 4.68 Å². The van der Waals surface area contributed by atoms with Gasteiger partial charge in [0.25, 0.3) is 0 Å². The fourth-order valence-corrected chi connectivity index (χ4v) is 4.24. The number of aryl methyl sites for hydroxylation is 1. The van der Waals surface area contributed by atoms with Gasteiger partial charge in [-0.2, -0.15) is 0 Å². The van der Waals surface area contributed by atoms with E-state index < -0.39 is 11.6 Å². The van der Waals surface area contributed by atoms with Crippen LogP contribution in [0.3, 0.4) is 0 Å². The normalized spacial score (nSPS) is 12.3. The third kappa shape index (κ3) is 5.49. The van der Waals surface area contributed by atoms with E-state index in [0.717, 1.165) is 5.52 Å². The van der Waals surface area contributed by atoms with Crippen LogP contribution in [-0.4, -0.2) is 51.1 Å². The zero-order chi connectivity index (χ0) is 27.4. The van der Waals surface area contributed by atoms with Crippen LogP contribution in [0.5, 0.6) is 11.5 Å². The van der Waals surface area contributed by atoms with Gasteiger partial charge in [-0.15, -0.1) is 5.10 Å². The van der Waals surface area contributed by atoms with Crippen molar-refractivity contribution in [2.45, 2.75) is 45.3 Å². The first kappa shape index (κ1) is 26.7. The minimum Gasteiger partial charge on any atom is -0.497 e. The summed E-state index contributed by atoms with van der Waals surface area (Å²) in [6.07, 6.45) is 2.56. The lowest BCUT2D eigenvalue weighted by molar-refractivity contribution is -0.128. The Hall–Kier alpha value is -4.34. The van der Waals surface area contributed by atoms with Crippen LogP contribution < -0.4 is 19.7 Å². The summed E-state index contributed by atoms with van der Waals surface area (Å²) in [5, 5.41) is 11.5. The molecule has 0 bridgehead atoms. The van der Waals surface area contributed by atoms with Gasteiger partial charge in [-0.3, -0.25) is 14.5 Å². The van der Waals surface area contributed by atoms with Crippen molar-refractivity contribution < 1.29 is 19.1 Å². The molecule has 1 N–H and O–H groups in total. The van der Waals surface area contributed by atoms with Gasteiger partial charge in [0.2, 0.25) is 11.8 Å². The predicted octanol–water partition coefficient (Wildman–Crippen LogP) is 3.87. The molecule has 0 aliphatic carbocycles. The molecule has 10 heteroatoms. The average molecular weight is 519 g/mol. The molecule has 2 amide bonds. The summed E-state index contributed by atoms with van der Waals surface area (Å²) in [6, 6.07) is 15.3. The quantitative estimate of drug-likeness (QED) is 0.342. The monoisotopic (exact) mass is 518 g/mol. The predicted molar refractivity (Wildman–Crippen MR) is 145 cm³/mol. The largest absolute Gasteiger partial charge is 0.497 e. The first-order valence-corrected chi connectivity index (χ1v) is 12.4. The number of methoxy groups -OCH3 is 2. The summed E-state index contributed by atoms with van der Waals surface area (Å²) >= 11 is 0. The van der Waals surface area contributed by atoms with Crippen LogP contribution in [0, 0.1) is 0 Å². The van der Waals surface area contributed by atoms with Gasteiger partial charge in [0.15, 0.2) is 6.04 Å². The number of benzene rings is 2. The number of anilines is 1. The van der Waals surface area contributed by atoms with Crippen LogP contribution in [0.4, 0.5) is 5.69 Å². The molecule has 4 aromatic rings. The minimum absolute atomic E-state index is 0.134. The molecule has 0 saturated heterocycles. The van der Waals surface area contributed by atoms with Gasteiger partial charge in [-0.1, -0.05) is 24.3 Å². The second-order valence-electron chi connectivity index (χ2n) is 9.74. The van der Waals surface area contributed by atoms with Crippen molar-refractivity contribution in [1.82, 2.24) is 24.9 Å². The van der Waals surface area contributed by atoms with Crippen molar-refractivity contribution in [3.63, 3.8) is 0 Å². The Bertz CT molecular complexity index is 1420. The lowest BCUT2D eigenvalue weighted by Crippen LogP contribution is -2.51. The van der Waals surface area contributed by atoms with Gasteiger partial charge in [-0.05, 0) is 44.5 Å². The van der Waals surface area contributed by atoms with E-state index in [2.05, 4.69) is 15.6 Å². The second kappa shape index (κ2) is 11.0. The summed E-state index contributed by atoms with van der Waals surface area (Å²) in [6.45, 7) is 5.78. The average Bonchev–Trinajstić information content (AvgIpc) is 3.52. The van der Waals surface area contributed by atoms with Gasteiger partial charge in [0.05, 0.1) is 31.1 Å². The number of fused-ring (bicyclic) bond motifs is 1. The van der Waals surface area contributed by atoms with Crippen LogP contribution in [-0.2, 0) is 23.2 Å². The van der Waals surface area contributed by atoms with Crippen molar-refractivity contribution >= 4 is 28.5 Å². The van der Waals surface area contributed by atoms with Gasteiger partial charge in [0, 0.05) is 37.0 Å². The number of amides is 2. The van der Waals surface area contributed by atoms with E-state index in [0.29, 0.717) is 34.8 Å². The maximum absolute atomic E-state index is 14.2. The number of carbonyl (C=O) groups is 2. The number of rotatable bonds is 10. The zero-order valence-electron chi connectivity index (χ0n) is 22.6. The Labute approximate surface area is 222 Å². The van der Waals surface area contributed by atoms with Crippen LogP contribution in [0.2, 0.25) is 0 Å². The molecule has 0 fully saturated rings. The van der Waals surface area contributed by atoms with E-state index in [1.54, 1.807) is 18.2 Å². The van der Waals surface area contributed by atoms with E-state index in [9.17, 15) is 9.59 Å². The molecule has 0 radical (unpaired) electrons. The molecular weight excluding hydrogens is 484 g/mol. The number of ether oxygens (including phenoxy) is 2. The fraction of sp³-hybridized carbons (Fsp3) is 0.357. The van der Waals surface area contributed by atoms with Gasteiger partial charge < -0.3 is 19.4 Å². The summed E-state index contributed by atoms with van der Waals surface area (Å²) in [5.41, 5.74) is 2.01. The lowest BCUT2D eigenvalue weighted by atomic mass is 10.00. The molecule has 0 aliphatic rings. The van der Waals surface area contributed by atoms with Crippen molar-refractivity contribution in [1.29, 1.82) is 0 Å². The highest BCUT2D eigenvalue weighted by molar-refractivity contribution is 6.01. The Kier molecular flexibility index (Phi) is 7.70. The number of carbonyl (C=O) groups excluding carboxylic acids is 2. The van der Waals surface area contributed by atoms with Crippen molar-refractivity contribution in [2.24, 2.45) is 7.05 Å². The highest BCUT2D eigenvalue weighted by Crippen LogP contribution is 2.35. The van der Waals surface area contributed by atoms with Gasteiger partial charge >= 0.3 is 0 Å². The summed E-state index contributed by atoms with van der Waals surface area (Å²) in [5.74, 6) is 0.315. The maximum Gasteiger partial charge on any atom is 0.249 e. The number of hydrogen-bond acceptors (Lipinski definition) is 6. The maximum atomic E-state index is 14.2. The molecule has 200 valence electrons. The van der Waals surface area contributed by atoms with E-state index in [4.69, 9.17) is 9.47 Å². The molecule has 1 atom stereocenters. The highest BCUT2D eigenvalue weighted by Gasteiger charge is 2.37. The summed E-state index contributed by atoms with van der Waals surface area (Å²) in [4.78, 5) is 29.7. The second-order valence-corrected chi connectivity index (χ2v) is 9.74. The van der Waals surface area contributed by atoms with E-state index in [-0.39, 0.29) is 18.4 Å². The zero-order valence-corrected chi connectivity index (χ0v) is 22.6. The number of para-hydroxylation sites is 1. The minimum atomic E-state index is -0.986. The molecule has 2 aromatic heterocycles. The Balaban J connectivity index is 1.87. The van der Waals surface area contributed by atoms with Crippen molar-refractivity contribution in [3.05, 3.63) is 66.5 Å². The van der Waals surface area contributed by atoms with Crippen LogP contribution >= 0.6 is 0 Å². The van der Waals surface area contributed by atoms with E-state index in [1.165, 1.54) is 23.8 Å². The molecule has 38 heavy (non-hydrogen) atoms. The highest BCUT2D eigenvalue weighted by atomic mass is 16.5. The number of hydrogen-bond donors (Lipinski definition) is 1. The smallest absolute Gasteiger partial charge is 0.249 e. The van der Waals surface area contributed by atoms with Crippen LogP contribution in [0.15, 0.2) is 60.8 Å². The molecule has 2 heterocycles. The first-order chi connectivity index (χ1) is 18.2. The van der Waals surface area contributed by atoms with Crippen LogP contribution in [0.1, 0.15) is 38.9 Å².